The van der Waals surface area contributed by atoms with E-state index in [1.54, 1.807) is 24.2 Å². The lowest BCUT2D eigenvalue weighted by atomic mass is 10.1. The Bertz CT molecular complexity index is 482. The first-order chi connectivity index (χ1) is 8.72. The average molecular weight is 245 g/mol. The molecule has 1 atom stereocenters. The standard InChI is InChI=1S/C13H15N3O2/c1-2-18-13(17)11-8-9-16(15-12(11)14)10-6-4-3-5-7-10/h3-9,11H,2H2,1H3,(H2,14,15). The van der Waals surface area contributed by atoms with Crippen molar-refractivity contribution in [3.63, 3.8) is 0 Å². The molecule has 1 aromatic rings. The zero-order chi connectivity index (χ0) is 13.0. The number of nitrogens with two attached hydrogens (primary N) is 1. The van der Waals surface area contributed by atoms with Gasteiger partial charge in [-0.3, -0.25) is 4.79 Å². The summed E-state index contributed by atoms with van der Waals surface area (Å²) in [5.41, 5.74) is 6.68. The third-order valence-corrected chi connectivity index (χ3v) is 2.52. The van der Waals surface area contributed by atoms with Crippen molar-refractivity contribution >= 4 is 17.5 Å². The fourth-order valence-corrected chi connectivity index (χ4v) is 1.64. The van der Waals surface area contributed by atoms with Gasteiger partial charge in [0, 0.05) is 6.20 Å². The number of carbonyl (C=O) groups is 1. The van der Waals surface area contributed by atoms with Crippen LogP contribution < -0.4 is 10.7 Å². The first-order valence-corrected chi connectivity index (χ1v) is 5.75. The van der Waals surface area contributed by atoms with Gasteiger partial charge in [-0.15, -0.1) is 0 Å². The van der Waals surface area contributed by atoms with Gasteiger partial charge in [0.05, 0.1) is 12.3 Å². The number of para-hydroxylation sites is 1. The Balaban J connectivity index is 2.14. The largest absolute Gasteiger partial charge is 0.465 e. The van der Waals surface area contributed by atoms with Gasteiger partial charge in [-0.25, -0.2) is 5.01 Å². The number of hydrogen-bond acceptors (Lipinski definition) is 5. The number of hydrazone groups is 1. The lowest BCUT2D eigenvalue weighted by Crippen LogP contribution is -2.35. The van der Waals surface area contributed by atoms with Gasteiger partial charge in [0.2, 0.25) is 0 Å². The molecule has 0 aromatic heterocycles. The molecule has 5 nitrogen and oxygen atoms in total. The molecular weight excluding hydrogens is 230 g/mol. The second-order valence-electron chi connectivity index (χ2n) is 3.78. The smallest absolute Gasteiger partial charge is 0.320 e. The van der Waals surface area contributed by atoms with Crippen LogP contribution >= 0.6 is 0 Å². The second-order valence-corrected chi connectivity index (χ2v) is 3.78. The SMILES string of the molecule is CCOC(=O)C1C=CN(c2ccccc2)N=C1N. The van der Waals surface area contributed by atoms with Crippen molar-refractivity contribution in [1.82, 2.24) is 0 Å². The predicted molar refractivity (Wildman–Crippen MR) is 69.8 cm³/mol. The number of esters is 1. The number of amidine groups is 1. The van der Waals surface area contributed by atoms with Crippen molar-refractivity contribution in [3.8, 4) is 0 Å². The van der Waals surface area contributed by atoms with E-state index in [4.69, 9.17) is 10.5 Å². The van der Waals surface area contributed by atoms with Crippen LogP contribution in [0.15, 0.2) is 47.7 Å². The topological polar surface area (TPSA) is 67.9 Å². The van der Waals surface area contributed by atoms with Crippen LogP contribution in [0, 0.1) is 5.92 Å². The molecule has 1 aliphatic rings. The van der Waals surface area contributed by atoms with Crippen LogP contribution in [-0.2, 0) is 9.53 Å². The number of nitrogens with zero attached hydrogens (tertiary/aromatic N) is 2. The molecule has 18 heavy (non-hydrogen) atoms. The summed E-state index contributed by atoms with van der Waals surface area (Å²) in [5.74, 6) is -0.729. The van der Waals surface area contributed by atoms with Crippen LogP contribution in [0.5, 0.6) is 0 Å². The zero-order valence-electron chi connectivity index (χ0n) is 10.1. The minimum absolute atomic E-state index is 0.236. The van der Waals surface area contributed by atoms with Crippen LogP contribution in [0.3, 0.4) is 0 Å². The summed E-state index contributed by atoms with van der Waals surface area (Å²) in [4.78, 5) is 11.6. The maximum absolute atomic E-state index is 11.6. The summed E-state index contributed by atoms with van der Waals surface area (Å²) in [7, 11) is 0. The number of rotatable bonds is 3. The molecule has 5 heteroatoms. The van der Waals surface area contributed by atoms with E-state index in [2.05, 4.69) is 5.10 Å². The highest BCUT2D eigenvalue weighted by Crippen LogP contribution is 2.19. The Morgan fingerprint density at radius 2 is 2.17 bits per heavy atom. The van der Waals surface area contributed by atoms with E-state index in [1.807, 2.05) is 30.3 Å². The zero-order valence-corrected chi connectivity index (χ0v) is 10.1. The molecule has 0 saturated carbocycles. The maximum atomic E-state index is 11.6. The Kier molecular flexibility index (Phi) is 3.62. The molecule has 0 amide bonds. The normalized spacial score (nSPS) is 18.4. The first kappa shape index (κ1) is 12.2. The molecule has 1 aliphatic heterocycles. The number of ether oxygens (including phenoxy) is 1. The lowest BCUT2D eigenvalue weighted by Gasteiger charge is -2.22. The van der Waals surface area contributed by atoms with Crippen LogP contribution in [-0.4, -0.2) is 18.4 Å². The molecule has 2 N–H and O–H groups in total. The van der Waals surface area contributed by atoms with E-state index < -0.39 is 5.92 Å². The summed E-state index contributed by atoms with van der Waals surface area (Å²) in [6.07, 6.45) is 3.40. The number of anilines is 1. The third kappa shape index (κ3) is 2.51. The van der Waals surface area contributed by atoms with Gasteiger partial charge >= 0.3 is 5.97 Å². The van der Waals surface area contributed by atoms with Gasteiger partial charge in [0.25, 0.3) is 0 Å². The second kappa shape index (κ2) is 5.35. The van der Waals surface area contributed by atoms with Crippen molar-refractivity contribution in [2.75, 3.05) is 11.6 Å². The number of benzene rings is 1. The van der Waals surface area contributed by atoms with E-state index in [-0.39, 0.29) is 11.8 Å². The molecule has 0 spiro atoms. The maximum Gasteiger partial charge on any atom is 0.320 e. The summed E-state index contributed by atoms with van der Waals surface area (Å²) < 4.78 is 4.92. The molecule has 0 fully saturated rings. The van der Waals surface area contributed by atoms with E-state index in [9.17, 15) is 4.79 Å². The summed E-state index contributed by atoms with van der Waals surface area (Å²) in [6.45, 7) is 2.09. The summed E-state index contributed by atoms with van der Waals surface area (Å²) in [5, 5.41) is 5.81. The highest BCUT2D eigenvalue weighted by molar-refractivity contribution is 6.03. The molecule has 0 aliphatic carbocycles. The van der Waals surface area contributed by atoms with Crippen molar-refractivity contribution in [2.24, 2.45) is 16.8 Å². The molecule has 0 radical (unpaired) electrons. The van der Waals surface area contributed by atoms with Crippen molar-refractivity contribution in [1.29, 1.82) is 0 Å². The first-order valence-electron chi connectivity index (χ1n) is 5.75. The van der Waals surface area contributed by atoms with Crippen LogP contribution in [0.4, 0.5) is 5.69 Å². The Morgan fingerprint density at radius 1 is 1.44 bits per heavy atom. The monoisotopic (exact) mass is 245 g/mol. The van der Waals surface area contributed by atoms with Gasteiger partial charge in [-0.2, -0.15) is 5.10 Å². The Labute approximate surface area is 106 Å². The highest BCUT2D eigenvalue weighted by Gasteiger charge is 2.25. The fraction of sp³-hybridized carbons (Fsp3) is 0.231. The Morgan fingerprint density at radius 3 is 2.78 bits per heavy atom. The molecule has 2 rings (SSSR count). The van der Waals surface area contributed by atoms with Gasteiger partial charge in [-0.05, 0) is 25.1 Å². The highest BCUT2D eigenvalue weighted by atomic mass is 16.5. The van der Waals surface area contributed by atoms with Crippen LogP contribution in [0.25, 0.3) is 0 Å². The Hall–Kier alpha value is -2.30. The van der Waals surface area contributed by atoms with E-state index in [1.165, 1.54) is 0 Å². The van der Waals surface area contributed by atoms with Crippen LogP contribution in [0.2, 0.25) is 0 Å². The van der Waals surface area contributed by atoms with Gasteiger partial charge in [0.1, 0.15) is 11.8 Å². The lowest BCUT2D eigenvalue weighted by molar-refractivity contribution is -0.144. The van der Waals surface area contributed by atoms with E-state index >= 15 is 0 Å². The summed E-state index contributed by atoms with van der Waals surface area (Å²) in [6, 6.07) is 9.56. The molecule has 0 bridgehead atoms. The summed E-state index contributed by atoms with van der Waals surface area (Å²) >= 11 is 0. The van der Waals surface area contributed by atoms with Gasteiger partial charge in [-0.1, -0.05) is 18.2 Å². The van der Waals surface area contributed by atoms with E-state index in [0.29, 0.717) is 6.61 Å². The van der Waals surface area contributed by atoms with Crippen molar-refractivity contribution < 1.29 is 9.53 Å². The van der Waals surface area contributed by atoms with Crippen molar-refractivity contribution in [3.05, 3.63) is 42.6 Å². The molecule has 1 unspecified atom stereocenters. The fourth-order valence-electron chi connectivity index (χ4n) is 1.64. The molecule has 94 valence electrons. The molecule has 1 aromatic carbocycles. The number of carbonyl (C=O) groups excluding carboxylic acids is 1. The average Bonchev–Trinajstić information content (AvgIpc) is 2.40. The quantitative estimate of drug-likeness (QED) is 0.819. The molecule has 1 heterocycles. The molecular formula is C13H15N3O2. The number of hydrogen-bond donors (Lipinski definition) is 1. The minimum Gasteiger partial charge on any atom is -0.465 e. The van der Waals surface area contributed by atoms with Gasteiger partial charge < -0.3 is 10.5 Å². The van der Waals surface area contributed by atoms with Crippen molar-refractivity contribution in [2.45, 2.75) is 6.92 Å². The minimum atomic E-state index is -0.593. The van der Waals surface area contributed by atoms with Gasteiger partial charge in [0.15, 0.2) is 0 Å². The van der Waals surface area contributed by atoms with Crippen LogP contribution in [0.1, 0.15) is 6.92 Å². The third-order valence-electron chi connectivity index (χ3n) is 2.52. The van der Waals surface area contributed by atoms with E-state index in [0.717, 1.165) is 5.69 Å². The predicted octanol–water partition coefficient (Wildman–Crippen LogP) is 1.47. The molecule has 0 saturated heterocycles.